The molecule has 0 aliphatic carbocycles. The zero-order valence-electron chi connectivity index (χ0n) is 11.7. The van der Waals surface area contributed by atoms with Gasteiger partial charge in [-0.1, -0.05) is 13.3 Å². The van der Waals surface area contributed by atoms with Crippen LogP contribution in [-0.2, 0) is 16.1 Å². The molecule has 21 heavy (non-hydrogen) atoms. The van der Waals surface area contributed by atoms with E-state index in [1.54, 1.807) is 12.1 Å². The lowest BCUT2D eigenvalue weighted by Crippen LogP contribution is -2.17. The van der Waals surface area contributed by atoms with Crippen molar-refractivity contribution in [3.05, 3.63) is 24.0 Å². The van der Waals surface area contributed by atoms with E-state index in [1.807, 2.05) is 6.92 Å². The van der Waals surface area contributed by atoms with Crippen LogP contribution in [0.3, 0.4) is 0 Å². The van der Waals surface area contributed by atoms with Crippen LogP contribution in [0.15, 0.2) is 22.8 Å². The molecule has 0 aliphatic rings. The number of nitrogens with zero attached hydrogens (tertiary/aromatic N) is 2. The highest BCUT2D eigenvalue weighted by Gasteiger charge is 2.20. The molecule has 2 aromatic heterocycles. The number of hydrogen-bond donors (Lipinski definition) is 1. The van der Waals surface area contributed by atoms with Crippen molar-refractivity contribution in [2.75, 3.05) is 12.3 Å². The number of hydrogen-bond acceptors (Lipinski definition) is 6. The molecule has 7 nitrogen and oxygen atoms in total. The highest BCUT2D eigenvalue weighted by Crippen LogP contribution is 2.26. The van der Waals surface area contributed by atoms with Gasteiger partial charge in [-0.05, 0) is 18.6 Å². The minimum atomic E-state index is -0.443. The van der Waals surface area contributed by atoms with E-state index in [0.717, 1.165) is 12.8 Å². The molecule has 0 unspecified atom stereocenters. The van der Waals surface area contributed by atoms with Crippen molar-refractivity contribution in [3.63, 3.8) is 0 Å². The van der Waals surface area contributed by atoms with E-state index < -0.39 is 5.97 Å². The number of aromatic nitrogens is 2. The van der Waals surface area contributed by atoms with Crippen LogP contribution in [-0.4, -0.2) is 28.6 Å². The molecule has 0 aromatic carbocycles. The summed E-state index contributed by atoms with van der Waals surface area (Å²) < 4.78 is 11.5. The second-order valence-electron chi connectivity index (χ2n) is 4.47. The van der Waals surface area contributed by atoms with Gasteiger partial charge >= 0.3 is 5.97 Å². The summed E-state index contributed by atoms with van der Waals surface area (Å²) in [6.45, 7) is 2.23. The van der Waals surface area contributed by atoms with Crippen LogP contribution >= 0.6 is 0 Å². The van der Waals surface area contributed by atoms with E-state index >= 15 is 0 Å². The van der Waals surface area contributed by atoms with E-state index in [9.17, 15) is 9.59 Å². The van der Waals surface area contributed by atoms with Gasteiger partial charge in [0.2, 0.25) is 0 Å². The predicted octanol–water partition coefficient (Wildman–Crippen LogP) is 1.88. The van der Waals surface area contributed by atoms with Crippen LogP contribution in [0, 0.1) is 0 Å². The molecule has 7 heteroatoms. The number of carbonyl (C=O) groups is 2. The molecule has 0 saturated carbocycles. The third kappa shape index (κ3) is 3.31. The van der Waals surface area contributed by atoms with E-state index in [2.05, 4.69) is 5.10 Å². The third-order valence-electron chi connectivity index (χ3n) is 2.94. The highest BCUT2D eigenvalue weighted by atomic mass is 16.5. The van der Waals surface area contributed by atoms with Crippen LogP contribution in [0.4, 0.5) is 5.82 Å². The SMILES string of the molecule is CCCCOC(=O)Cn1nc(-c2ccco2)c(C=O)c1N. The summed E-state index contributed by atoms with van der Waals surface area (Å²) >= 11 is 0. The van der Waals surface area contributed by atoms with E-state index in [0.29, 0.717) is 24.3 Å². The Morgan fingerprint density at radius 1 is 1.57 bits per heavy atom. The van der Waals surface area contributed by atoms with Crippen molar-refractivity contribution in [1.82, 2.24) is 9.78 Å². The molecule has 2 N–H and O–H groups in total. The minimum absolute atomic E-state index is 0.115. The molecule has 0 aliphatic heterocycles. The fourth-order valence-corrected chi connectivity index (χ4v) is 1.82. The quantitative estimate of drug-likeness (QED) is 0.475. The molecular weight excluding hydrogens is 274 g/mol. The highest BCUT2D eigenvalue weighted by molar-refractivity contribution is 5.90. The molecule has 2 heterocycles. The third-order valence-corrected chi connectivity index (χ3v) is 2.94. The molecule has 0 atom stereocenters. The Balaban J connectivity index is 2.17. The van der Waals surface area contributed by atoms with Crippen molar-refractivity contribution in [2.45, 2.75) is 26.3 Å². The van der Waals surface area contributed by atoms with E-state index in [-0.39, 0.29) is 17.9 Å². The second-order valence-corrected chi connectivity index (χ2v) is 4.47. The number of esters is 1. The lowest BCUT2D eigenvalue weighted by molar-refractivity contribution is -0.144. The smallest absolute Gasteiger partial charge is 0.327 e. The van der Waals surface area contributed by atoms with E-state index in [1.165, 1.54) is 10.9 Å². The van der Waals surface area contributed by atoms with Crippen LogP contribution in [0.25, 0.3) is 11.5 Å². The predicted molar refractivity (Wildman–Crippen MR) is 75.6 cm³/mol. The van der Waals surface area contributed by atoms with Crippen molar-refractivity contribution in [1.29, 1.82) is 0 Å². The van der Waals surface area contributed by atoms with Crippen molar-refractivity contribution < 1.29 is 18.7 Å². The summed E-state index contributed by atoms with van der Waals surface area (Å²) in [6.07, 6.45) is 3.81. The van der Waals surface area contributed by atoms with Gasteiger partial charge in [0.25, 0.3) is 0 Å². The van der Waals surface area contributed by atoms with Gasteiger partial charge in [0.15, 0.2) is 12.0 Å². The molecule has 0 amide bonds. The Labute approximate surface area is 121 Å². The lowest BCUT2D eigenvalue weighted by atomic mass is 10.2. The number of unbranched alkanes of at least 4 members (excludes halogenated alkanes) is 1. The molecular formula is C14H17N3O4. The van der Waals surface area contributed by atoms with Gasteiger partial charge in [0.05, 0.1) is 18.4 Å². The summed E-state index contributed by atoms with van der Waals surface area (Å²) in [7, 11) is 0. The van der Waals surface area contributed by atoms with Crippen molar-refractivity contribution in [2.24, 2.45) is 0 Å². The molecule has 2 rings (SSSR count). The van der Waals surface area contributed by atoms with Gasteiger partial charge in [-0.15, -0.1) is 0 Å². The van der Waals surface area contributed by atoms with Crippen molar-refractivity contribution in [3.8, 4) is 11.5 Å². The standard InChI is InChI=1S/C14H17N3O4/c1-2-3-6-21-12(19)8-17-14(15)10(9-18)13(16-17)11-5-4-7-20-11/h4-5,7,9H,2-3,6,8,15H2,1H3. The molecule has 2 aromatic rings. The first-order valence-electron chi connectivity index (χ1n) is 6.68. The Bertz CT molecular complexity index is 616. The molecule has 0 saturated heterocycles. The number of nitrogen functional groups attached to an aromatic ring is 1. The Hall–Kier alpha value is -2.57. The zero-order chi connectivity index (χ0) is 15.2. The number of aldehydes is 1. The molecule has 0 spiro atoms. The maximum atomic E-state index is 11.7. The lowest BCUT2D eigenvalue weighted by Gasteiger charge is -2.05. The number of ether oxygens (including phenoxy) is 1. The van der Waals surface area contributed by atoms with Crippen molar-refractivity contribution >= 4 is 18.1 Å². The number of anilines is 1. The van der Waals surface area contributed by atoms with Gasteiger partial charge < -0.3 is 14.9 Å². The molecule has 0 bridgehead atoms. The first kappa shape index (κ1) is 14.8. The van der Waals surface area contributed by atoms with Gasteiger partial charge in [0, 0.05) is 0 Å². The maximum Gasteiger partial charge on any atom is 0.327 e. The Kier molecular flexibility index (Phi) is 4.76. The normalized spacial score (nSPS) is 10.5. The first-order chi connectivity index (χ1) is 10.2. The second kappa shape index (κ2) is 6.74. The summed E-state index contributed by atoms with van der Waals surface area (Å²) in [5, 5.41) is 4.16. The average molecular weight is 291 g/mol. The molecule has 0 fully saturated rings. The Morgan fingerprint density at radius 2 is 2.38 bits per heavy atom. The minimum Gasteiger partial charge on any atom is -0.464 e. The van der Waals surface area contributed by atoms with Crippen LogP contribution in [0.2, 0.25) is 0 Å². The van der Waals surface area contributed by atoms with Gasteiger partial charge in [-0.25, -0.2) is 4.68 Å². The van der Waals surface area contributed by atoms with E-state index in [4.69, 9.17) is 14.9 Å². The zero-order valence-corrected chi connectivity index (χ0v) is 11.7. The number of furan rings is 1. The van der Waals surface area contributed by atoms with Crippen LogP contribution in [0.1, 0.15) is 30.1 Å². The summed E-state index contributed by atoms with van der Waals surface area (Å²) in [4.78, 5) is 22.8. The number of rotatable bonds is 7. The summed E-state index contributed by atoms with van der Waals surface area (Å²) in [5.74, 6) is 0.0897. The fourth-order valence-electron chi connectivity index (χ4n) is 1.82. The van der Waals surface area contributed by atoms with Gasteiger partial charge in [-0.2, -0.15) is 5.10 Å². The Morgan fingerprint density at radius 3 is 3.00 bits per heavy atom. The summed E-state index contributed by atoms with van der Waals surface area (Å²) in [5.41, 5.74) is 6.36. The number of nitrogens with two attached hydrogens (primary N) is 1. The van der Waals surface area contributed by atoms with Gasteiger partial charge in [0.1, 0.15) is 18.1 Å². The molecule has 0 radical (unpaired) electrons. The number of carbonyl (C=O) groups excluding carboxylic acids is 2. The monoisotopic (exact) mass is 291 g/mol. The largest absolute Gasteiger partial charge is 0.464 e. The average Bonchev–Trinajstić information content (AvgIpc) is 3.08. The first-order valence-corrected chi connectivity index (χ1v) is 6.68. The summed E-state index contributed by atoms with van der Waals surface area (Å²) in [6, 6.07) is 3.34. The van der Waals surface area contributed by atoms with Crippen LogP contribution in [0.5, 0.6) is 0 Å². The van der Waals surface area contributed by atoms with Gasteiger partial charge in [-0.3, -0.25) is 9.59 Å². The maximum absolute atomic E-state index is 11.7. The fraction of sp³-hybridized carbons (Fsp3) is 0.357. The molecule has 112 valence electrons. The topological polar surface area (TPSA) is 100 Å². The van der Waals surface area contributed by atoms with Crippen LogP contribution < -0.4 is 5.73 Å².